The summed E-state index contributed by atoms with van der Waals surface area (Å²) in [7, 11) is 0. The van der Waals surface area contributed by atoms with E-state index >= 15 is 0 Å². The van der Waals surface area contributed by atoms with Crippen molar-refractivity contribution >= 4 is 56.3 Å². The van der Waals surface area contributed by atoms with Gasteiger partial charge in [-0.15, -0.1) is 11.3 Å². The van der Waals surface area contributed by atoms with Gasteiger partial charge in [0.05, 0.1) is 17.1 Å². The second-order valence-corrected chi connectivity index (χ2v) is 9.35. The van der Waals surface area contributed by atoms with Gasteiger partial charge in [0.1, 0.15) is 9.71 Å². The van der Waals surface area contributed by atoms with Crippen molar-refractivity contribution in [2.24, 2.45) is 0 Å². The van der Waals surface area contributed by atoms with Crippen molar-refractivity contribution in [2.75, 3.05) is 10.6 Å². The zero-order chi connectivity index (χ0) is 20.1. The van der Waals surface area contributed by atoms with E-state index in [1.807, 2.05) is 60.7 Å². The van der Waals surface area contributed by atoms with Gasteiger partial charge in [-0.3, -0.25) is 9.69 Å². The fourth-order valence-electron chi connectivity index (χ4n) is 3.52. The molecule has 5 rings (SSSR count). The van der Waals surface area contributed by atoms with Gasteiger partial charge in [0.2, 0.25) is 0 Å². The number of carbonyl (C=O) groups is 1. The molecule has 0 saturated heterocycles. The van der Waals surface area contributed by atoms with Crippen molar-refractivity contribution in [3.05, 3.63) is 71.2 Å². The molecular formula is C23H19N3OS2. The van der Waals surface area contributed by atoms with Crippen molar-refractivity contribution in [2.45, 2.75) is 29.6 Å². The zero-order valence-corrected chi connectivity index (χ0v) is 17.7. The van der Waals surface area contributed by atoms with E-state index in [1.165, 1.54) is 11.3 Å². The standard InChI is InChI=1S/C23H19N3OS2/c1-13(2)15-12-11-14-20(24)21(29-22(14)25-15)23(27)26-16-7-3-5-9-18(16)28-19-10-6-4-8-17(19)26/h3-13H,24H2,1-2H3. The number of anilines is 3. The summed E-state index contributed by atoms with van der Waals surface area (Å²) in [6.45, 7) is 4.22. The Morgan fingerprint density at radius 2 is 1.59 bits per heavy atom. The summed E-state index contributed by atoms with van der Waals surface area (Å²) >= 11 is 3.05. The number of carbonyl (C=O) groups excluding carboxylic acids is 1. The van der Waals surface area contributed by atoms with Crippen LogP contribution in [0.15, 0.2) is 70.5 Å². The Balaban J connectivity index is 1.67. The van der Waals surface area contributed by atoms with Crippen molar-refractivity contribution in [3.63, 3.8) is 0 Å². The van der Waals surface area contributed by atoms with Crippen LogP contribution in [0.1, 0.15) is 35.1 Å². The smallest absolute Gasteiger partial charge is 0.275 e. The molecular weight excluding hydrogens is 398 g/mol. The van der Waals surface area contributed by atoms with Gasteiger partial charge >= 0.3 is 0 Å². The highest BCUT2D eigenvalue weighted by molar-refractivity contribution is 7.99. The second kappa shape index (κ2) is 6.90. The summed E-state index contributed by atoms with van der Waals surface area (Å²) < 4.78 is 0. The summed E-state index contributed by atoms with van der Waals surface area (Å²) in [5, 5.41) is 0.843. The first-order valence-corrected chi connectivity index (χ1v) is 11.1. The number of aromatic nitrogens is 1. The minimum Gasteiger partial charge on any atom is -0.397 e. The fourth-order valence-corrected chi connectivity index (χ4v) is 5.61. The third-order valence-corrected chi connectivity index (χ3v) is 7.27. The summed E-state index contributed by atoms with van der Waals surface area (Å²) in [5.41, 5.74) is 9.71. The van der Waals surface area contributed by atoms with E-state index in [0.29, 0.717) is 16.5 Å². The van der Waals surface area contributed by atoms with Crippen LogP contribution in [-0.4, -0.2) is 10.9 Å². The summed E-state index contributed by atoms with van der Waals surface area (Å²) in [4.78, 5) is 23.7. The van der Waals surface area contributed by atoms with E-state index in [4.69, 9.17) is 10.7 Å². The van der Waals surface area contributed by atoms with Gasteiger partial charge in [-0.25, -0.2) is 4.98 Å². The highest BCUT2D eigenvalue weighted by Gasteiger charge is 2.31. The van der Waals surface area contributed by atoms with Crippen LogP contribution in [0, 0.1) is 0 Å². The Hall–Kier alpha value is -2.83. The SMILES string of the molecule is CC(C)c1ccc2c(N)c(C(=O)N3c4ccccc4Sc4ccccc43)sc2n1. The van der Waals surface area contributed by atoms with Crippen LogP contribution in [0.2, 0.25) is 0 Å². The molecule has 3 heterocycles. The third-order valence-electron chi connectivity index (χ3n) is 5.04. The number of hydrogen-bond acceptors (Lipinski definition) is 5. The van der Waals surface area contributed by atoms with E-state index in [2.05, 4.69) is 13.8 Å². The molecule has 2 aromatic carbocycles. The van der Waals surface area contributed by atoms with E-state index in [9.17, 15) is 4.79 Å². The van der Waals surface area contributed by atoms with Crippen molar-refractivity contribution in [1.82, 2.24) is 4.98 Å². The van der Waals surface area contributed by atoms with Gasteiger partial charge in [-0.05, 0) is 42.3 Å². The molecule has 4 aromatic rings. The molecule has 6 heteroatoms. The quantitative estimate of drug-likeness (QED) is 0.407. The third kappa shape index (κ3) is 2.91. The first-order valence-electron chi connectivity index (χ1n) is 9.44. The molecule has 0 radical (unpaired) electrons. The van der Waals surface area contributed by atoms with Crippen molar-refractivity contribution < 1.29 is 4.79 Å². The van der Waals surface area contributed by atoms with Gasteiger partial charge in [0.25, 0.3) is 5.91 Å². The zero-order valence-electron chi connectivity index (χ0n) is 16.0. The highest BCUT2D eigenvalue weighted by Crippen LogP contribution is 2.49. The van der Waals surface area contributed by atoms with E-state index < -0.39 is 0 Å². The normalized spacial score (nSPS) is 12.9. The maximum atomic E-state index is 13.8. The molecule has 29 heavy (non-hydrogen) atoms. The average Bonchev–Trinajstić information content (AvgIpc) is 3.07. The molecule has 0 unspecified atom stereocenters. The van der Waals surface area contributed by atoms with Crippen LogP contribution < -0.4 is 10.6 Å². The molecule has 1 aliphatic heterocycles. The Bertz CT molecular complexity index is 1220. The van der Waals surface area contributed by atoms with Gasteiger partial charge in [-0.1, -0.05) is 49.9 Å². The maximum Gasteiger partial charge on any atom is 0.275 e. The van der Waals surface area contributed by atoms with Gasteiger partial charge in [0.15, 0.2) is 0 Å². The predicted octanol–water partition coefficient (Wildman–Crippen LogP) is 6.45. The number of thiophene rings is 1. The lowest BCUT2D eigenvalue weighted by molar-refractivity contribution is 0.100. The number of fused-ring (bicyclic) bond motifs is 3. The molecule has 0 fully saturated rings. The molecule has 0 spiro atoms. The van der Waals surface area contributed by atoms with E-state index in [1.54, 1.807) is 16.7 Å². The molecule has 0 aliphatic carbocycles. The maximum absolute atomic E-state index is 13.8. The largest absolute Gasteiger partial charge is 0.397 e. The van der Waals surface area contributed by atoms with Crippen molar-refractivity contribution in [1.29, 1.82) is 0 Å². The Morgan fingerprint density at radius 3 is 2.21 bits per heavy atom. The summed E-state index contributed by atoms with van der Waals surface area (Å²) in [6, 6.07) is 19.9. The topological polar surface area (TPSA) is 59.2 Å². The van der Waals surface area contributed by atoms with Gasteiger partial charge in [0, 0.05) is 20.9 Å². The van der Waals surface area contributed by atoms with Crippen molar-refractivity contribution in [3.8, 4) is 0 Å². The molecule has 0 atom stereocenters. The molecule has 144 valence electrons. The number of amides is 1. The molecule has 0 bridgehead atoms. The lowest BCUT2D eigenvalue weighted by atomic mass is 10.1. The van der Waals surface area contributed by atoms with Crippen LogP contribution in [0.25, 0.3) is 10.2 Å². The number of hydrogen-bond donors (Lipinski definition) is 1. The molecule has 1 amide bonds. The predicted molar refractivity (Wildman–Crippen MR) is 122 cm³/mol. The van der Waals surface area contributed by atoms with E-state index in [0.717, 1.165) is 37.1 Å². The lowest BCUT2D eigenvalue weighted by Crippen LogP contribution is -2.28. The highest BCUT2D eigenvalue weighted by atomic mass is 32.2. The molecule has 2 N–H and O–H groups in total. The number of nitrogens with zero attached hydrogens (tertiary/aromatic N) is 2. The number of nitrogens with two attached hydrogens (primary N) is 1. The van der Waals surface area contributed by atoms with Crippen LogP contribution >= 0.6 is 23.1 Å². The Kier molecular flexibility index (Phi) is 4.33. The molecule has 2 aromatic heterocycles. The Labute approximate surface area is 177 Å². The minimum atomic E-state index is -0.114. The monoisotopic (exact) mass is 417 g/mol. The van der Waals surface area contributed by atoms with Crippen LogP contribution in [0.3, 0.4) is 0 Å². The first-order chi connectivity index (χ1) is 14.0. The number of para-hydroxylation sites is 2. The Morgan fingerprint density at radius 1 is 0.966 bits per heavy atom. The summed E-state index contributed by atoms with van der Waals surface area (Å²) in [5.74, 6) is 0.205. The van der Waals surface area contributed by atoms with E-state index in [-0.39, 0.29) is 5.91 Å². The summed E-state index contributed by atoms with van der Waals surface area (Å²) in [6.07, 6.45) is 0. The number of nitrogen functional groups attached to an aromatic ring is 1. The molecule has 4 nitrogen and oxygen atoms in total. The van der Waals surface area contributed by atoms with Crippen LogP contribution in [0.5, 0.6) is 0 Å². The second-order valence-electron chi connectivity index (χ2n) is 7.27. The molecule has 1 aliphatic rings. The van der Waals surface area contributed by atoms with Crippen LogP contribution in [-0.2, 0) is 0 Å². The van der Waals surface area contributed by atoms with Gasteiger partial charge in [-0.2, -0.15) is 0 Å². The average molecular weight is 418 g/mol. The lowest BCUT2D eigenvalue weighted by Gasteiger charge is -2.30. The molecule has 0 saturated carbocycles. The van der Waals surface area contributed by atoms with Crippen LogP contribution in [0.4, 0.5) is 17.1 Å². The fraction of sp³-hybridized carbons (Fsp3) is 0.130. The number of benzene rings is 2. The number of pyridine rings is 1. The minimum absolute atomic E-state index is 0.114. The van der Waals surface area contributed by atoms with Gasteiger partial charge < -0.3 is 5.73 Å². The first kappa shape index (κ1) is 18.2. The number of rotatable bonds is 2.